The molecule has 17 nitrogen and oxygen atoms in total. The first-order valence-corrected chi connectivity index (χ1v) is 39.7. The van der Waals surface area contributed by atoms with Crippen LogP contribution in [0.4, 0.5) is 0 Å². The zero-order valence-electron chi connectivity index (χ0n) is 58.0. The third-order valence-electron chi connectivity index (χ3n) is 15.8. The van der Waals surface area contributed by atoms with Crippen molar-refractivity contribution in [3.63, 3.8) is 0 Å². The Hall–Kier alpha value is -2.72. The van der Waals surface area contributed by atoms with Gasteiger partial charge in [-0.05, 0) is 103 Å². The molecule has 0 radical (unpaired) electrons. The Bertz CT molecular complexity index is 1880. The van der Waals surface area contributed by atoms with Gasteiger partial charge in [0, 0.05) is 25.7 Å². The fraction of sp³-hybridized carbons (Fsp3) is 0.861. The maximum Gasteiger partial charge on any atom is 0.472 e. The third kappa shape index (κ3) is 65.7. The van der Waals surface area contributed by atoms with Crippen molar-refractivity contribution in [2.45, 2.75) is 361 Å². The lowest BCUT2D eigenvalue weighted by molar-refractivity contribution is -0.161. The lowest BCUT2D eigenvalue weighted by atomic mass is 10.0. The van der Waals surface area contributed by atoms with Gasteiger partial charge in [-0.25, -0.2) is 9.13 Å². The molecule has 0 aromatic heterocycles. The second-order valence-corrected chi connectivity index (χ2v) is 27.8. The summed E-state index contributed by atoms with van der Waals surface area (Å²) in [7, 11) is -9.92. The fourth-order valence-corrected chi connectivity index (χ4v) is 11.7. The largest absolute Gasteiger partial charge is 0.472 e. The molecule has 0 aliphatic carbocycles. The van der Waals surface area contributed by atoms with E-state index in [1.54, 1.807) is 0 Å². The van der Waals surface area contributed by atoms with Crippen molar-refractivity contribution in [2.24, 2.45) is 0 Å². The summed E-state index contributed by atoms with van der Waals surface area (Å²) in [6.45, 7) is 4.84. The van der Waals surface area contributed by atoms with Crippen LogP contribution in [0.15, 0.2) is 36.5 Å². The highest BCUT2D eigenvalue weighted by molar-refractivity contribution is 7.47. The molecule has 5 unspecified atom stereocenters. The van der Waals surface area contributed by atoms with Gasteiger partial charge in [0.15, 0.2) is 12.2 Å². The van der Waals surface area contributed by atoms with Crippen molar-refractivity contribution in [1.29, 1.82) is 0 Å². The zero-order chi connectivity index (χ0) is 66.8. The molecule has 91 heavy (non-hydrogen) atoms. The molecule has 0 aromatic carbocycles. The molecular formula is C72H134O17P2. The maximum absolute atomic E-state index is 13.0. The molecule has 0 amide bonds. The Kier molecular flexibility index (Phi) is 63.9. The Balaban J connectivity index is 5.31. The van der Waals surface area contributed by atoms with Crippen molar-refractivity contribution in [1.82, 2.24) is 0 Å². The number of esters is 4. The molecule has 0 saturated heterocycles. The van der Waals surface area contributed by atoms with E-state index in [2.05, 4.69) is 64.2 Å². The highest BCUT2D eigenvalue weighted by Gasteiger charge is 2.30. The van der Waals surface area contributed by atoms with Gasteiger partial charge in [0.25, 0.3) is 0 Å². The van der Waals surface area contributed by atoms with E-state index < -0.39 is 97.5 Å². The van der Waals surface area contributed by atoms with Gasteiger partial charge in [-0.3, -0.25) is 37.3 Å². The van der Waals surface area contributed by atoms with E-state index in [0.717, 1.165) is 135 Å². The van der Waals surface area contributed by atoms with Gasteiger partial charge in [0.2, 0.25) is 0 Å². The quantitative estimate of drug-likeness (QED) is 0.0169. The lowest BCUT2D eigenvalue weighted by Crippen LogP contribution is -2.30. The van der Waals surface area contributed by atoms with E-state index in [-0.39, 0.29) is 25.7 Å². The lowest BCUT2D eigenvalue weighted by Gasteiger charge is -2.21. The standard InChI is InChI=1S/C72H134O17P2/c1-5-9-13-17-21-25-29-33-37-41-45-49-53-57-70(75)83-63-68(89-72(77)59-55-51-47-43-39-35-31-27-23-19-15-11-7-3)65-87-91(80,81)85-61-66(73)60-84-90(78,79)86-64-67(62-82-69(74)56-52-48-44-40-36-32-28-24-20-16-12-8-4)88-71(76)58-54-50-46-42-38-34-30-26-22-18-14-10-6-2/h25-27,29-31,66-68,73H,5-24,28,32-65H2,1-4H3,(H,78,79)(H,80,81)/b29-25-,30-26-,31-27-. The summed E-state index contributed by atoms with van der Waals surface area (Å²) in [5, 5.41) is 10.6. The average Bonchev–Trinajstić information content (AvgIpc) is 3.50. The van der Waals surface area contributed by atoms with Gasteiger partial charge in [-0.15, -0.1) is 0 Å². The molecule has 0 aliphatic heterocycles. The molecule has 3 N–H and O–H groups in total. The molecule has 0 fully saturated rings. The fourth-order valence-electron chi connectivity index (χ4n) is 10.1. The Morgan fingerprint density at radius 3 is 0.769 bits per heavy atom. The van der Waals surface area contributed by atoms with E-state index in [1.807, 2.05) is 0 Å². The number of aliphatic hydroxyl groups excluding tert-OH is 1. The van der Waals surface area contributed by atoms with Gasteiger partial charge in [0.05, 0.1) is 26.4 Å². The highest BCUT2D eigenvalue weighted by Crippen LogP contribution is 2.45. The number of allylic oxidation sites excluding steroid dienone is 6. The topological polar surface area (TPSA) is 237 Å². The smallest absolute Gasteiger partial charge is 0.462 e. The number of unbranched alkanes of at least 4 members (excludes halogenated alkanes) is 38. The third-order valence-corrected chi connectivity index (χ3v) is 17.7. The van der Waals surface area contributed by atoms with E-state index >= 15 is 0 Å². The van der Waals surface area contributed by atoms with Gasteiger partial charge >= 0.3 is 39.5 Å². The van der Waals surface area contributed by atoms with Crippen molar-refractivity contribution >= 4 is 39.5 Å². The van der Waals surface area contributed by atoms with E-state index in [1.165, 1.54) is 128 Å². The van der Waals surface area contributed by atoms with Gasteiger partial charge in [0.1, 0.15) is 19.3 Å². The van der Waals surface area contributed by atoms with Gasteiger partial charge in [-0.2, -0.15) is 0 Å². The number of ether oxygens (including phenoxy) is 4. The van der Waals surface area contributed by atoms with Crippen LogP contribution in [0.1, 0.15) is 342 Å². The summed E-state index contributed by atoms with van der Waals surface area (Å²) in [4.78, 5) is 72.6. The summed E-state index contributed by atoms with van der Waals surface area (Å²) in [6, 6.07) is 0. The number of hydrogen-bond acceptors (Lipinski definition) is 15. The van der Waals surface area contributed by atoms with E-state index in [4.69, 9.17) is 37.0 Å². The predicted molar refractivity (Wildman–Crippen MR) is 367 cm³/mol. The van der Waals surface area contributed by atoms with Crippen LogP contribution in [0.3, 0.4) is 0 Å². The van der Waals surface area contributed by atoms with Crippen molar-refractivity contribution in [3.05, 3.63) is 36.5 Å². The maximum atomic E-state index is 13.0. The number of carbonyl (C=O) groups excluding carboxylic acids is 4. The zero-order valence-corrected chi connectivity index (χ0v) is 59.8. The van der Waals surface area contributed by atoms with Crippen LogP contribution in [0.25, 0.3) is 0 Å². The van der Waals surface area contributed by atoms with Crippen LogP contribution in [0, 0.1) is 0 Å². The minimum absolute atomic E-state index is 0.0889. The van der Waals surface area contributed by atoms with Crippen molar-refractivity contribution < 1.29 is 80.2 Å². The molecule has 0 rings (SSSR count). The first-order valence-electron chi connectivity index (χ1n) is 36.7. The van der Waals surface area contributed by atoms with Crippen LogP contribution < -0.4 is 0 Å². The van der Waals surface area contributed by atoms with Crippen LogP contribution in [0.2, 0.25) is 0 Å². The SMILES string of the molecule is CCCCCC/C=C\CCCCCCCC(=O)OCC(COP(=O)(O)OCC(O)COP(=O)(O)OCC(COC(=O)CCCCCCCCCCCCCC)OC(=O)CCCCCCC/C=C\CCCCCC)OC(=O)CCCCCCC/C=C\CCCCCC. The summed E-state index contributed by atoms with van der Waals surface area (Å²) >= 11 is 0. The molecular weight excluding hydrogens is 1200 g/mol. The molecule has 0 heterocycles. The summed E-state index contributed by atoms with van der Waals surface area (Å²) < 4.78 is 68.3. The molecule has 5 atom stereocenters. The molecule has 0 aliphatic rings. The van der Waals surface area contributed by atoms with Gasteiger partial charge < -0.3 is 33.8 Å². The molecule has 0 saturated carbocycles. The Morgan fingerprint density at radius 2 is 0.505 bits per heavy atom. The first-order chi connectivity index (χ1) is 44.2. The monoisotopic (exact) mass is 1330 g/mol. The molecule has 0 spiro atoms. The predicted octanol–water partition coefficient (Wildman–Crippen LogP) is 20.4. The van der Waals surface area contributed by atoms with E-state index in [9.17, 15) is 43.2 Å². The highest BCUT2D eigenvalue weighted by atomic mass is 31.2. The second-order valence-electron chi connectivity index (χ2n) is 24.9. The summed E-state index contributed by atoms with van der Waals surface area (Å²) in [5.74, 6) is -2.17. The number of carbonyl (C=O) groups is 4. The average molecular weight is 1330 g/mol. The molecule has 0 bridgehead atoms. The Labute approximate surface area is 554 Å². The number of phosphoric ester groups is 2. The Morgan fingerprint density at radius 1 is 0.297 bits per heavy atom. The van der Waals surface area contributed by atoms with Crippen LogP contribution in [-0.2, 0) is 65.4 Å². The van der Waals surface area contributed by atoms with Crippen LogP contribution in [-0.4, -0.2) is 96.7 Å². The van der Waals surface area contributed by atoms with Crippen molar-refractivity contribution in [2.75, 3.05) is 39.6 Å². The molecule has 0 aromatic rings. The minimum atomic E-state index is -4.96. The number of hydrogen-bond donors (Lipinski definition) is 3. The number of aliphatic hydroxyl groups is 1. The first kappa shape index (κ1) is 88.3. The normalized spacial score (nSPS) is 14.2. The number of rotatable bonds is 70. The van der Waals surface area contributed by atoms with E-state index in [0.29, 0.717) is 25.7 Å². The molecule has 534 valence electrons. The van der Waals surface area contributed by atoms with Crippen molar-refractivity contribution in [3.8, 4) is 0 Å². The van der Waals surface area contributed by atoms with Crippen LogP contribution >= 0.6 is 15.6 Å². The van der Waals surface area contributed by atoms with Gasteiger partial charge in [-0.1, -0.05) is 250 Å². The minimum Gasteiger partial charge on any atom is -0.462 e. The van der Waals surface area contributed by atoms with Crippen LogP contribution in [0.5, 0.6) is 0 Å². The second kappa shape index (κ2) is 65.9. The number of phosphoric acid groups is 2. The molecule has 19 heteroatoms. The summed E-state index contributed by atoms with van der Waals surface area (Å²) in [5.41, 5.74) is 0. The summed E-state index contributed by atoms with van der Waals surface area (Å²) in [6.07, 6.45) is 58.6.